The van der Waals surface area contributed by atoms with Crippen LogP contribution in [0.25, 0.3) is 0 Å². The zero-order chi connectivity index (χ0) is 17.2. The summed E-state index contributed by atoms with van der Waals surface area (Å²) in [6.07, 6.45) is 0. The Kier molecular flexibility index (Phi) is 5.36. The highest BCUT2D eigenvalue weighted by molar-refractivity contribution is 9.10. The predicted molar refractivity (Wildman–Crippen MR) is 97.1 cm³/mol. The summed E-state index contributed by atoms with van der Waals surface area (Å²) < 4.78 is 2.46. The van der Waals surface area contributed by atoms with E-state index in [1.165, 1.54) is 16.4 Å². The molecule has 1 aromatic heterocycles. The van der Waals surface area contributed by atoms with Crippen molar-refractivity contribution in [3.63, 3.8) is 0 Å². The highest BCUT2D eigenvalue weighted by Gasteiger charge is 2.23. The summed E-state index contributed by atoms with van der Waals surface area (Å²) in [6, 6.07) is 5.67. The lowest BCUT2D eigenvalue weighted by Crippen LogP contribution is -2.24. The Morgan fingerprint density at radius 2 is 2.09 bits per heavy atom. The average Bonchev–Trinajstić information content (AvgIpc) is 2.82. The van der Waals surface area contributed by atoms with Crippen LogP contribution in [-0.2, 0) is 10.2 Å². The third-order valence-corrected chi connectivity index (χ3v) is 4.94. The number of carbonyl (C=O) groups is 1. The first-order chi connectivity index (χ1) is 10.7. The van der Waals surface area contributed by atoms with Crippen molar-refractivity contribution in [3.05, 3.63) is 34.1 Å². The van der Waals surface area contributed by atoms with Gasteiger partial charge in [0.1, 0.15) is 0 Å². The molecule has 8 heteroatoms. The Bertz CT molecular complexity index is 723. The first-order valence-corrected chi connectivity index (χ1v) is 8.86. The van der Waals surface area contributed by atoms with Gasteiger partial charge in [0.2, 0.25) is 11.1 Å². The van der Waals surface area contributed by atoms with Crippen molar-refractivity contribution in [2.75, 3.05) is 16.9 Å². The number of nitrogen functional groups attached to an aromatic ring is 1. The second kappa shape index (κ2) is 6.92. The lowest BCUT2D eigenvalue weighted by molar-refractivity contribution is -0.113. The van der Waals surface area contributed by atoms with Crippen molar-refractivity contribution < 1.29 is 4.79 Å². The van der Waals surface area contributed by atoms with Crippen LogP contribution in [0.2, 0.25) is 0 Å². The van der Waals surface area contributed by atoms with Gasteiger partial charge in [-0.05, 0) is 30.7 Å². The van der Waals surface area contributed by atoms with Crippen molar-refractivity contribution in [1.82, 2.24) is 14.9 Å². The van der Waals surface area contributed by atoms with Crippen LogP contribution in [-0.4, -0.2) is 26.5 Å². The third-order valence-electron chi connectivity index (χ3n) is 3.11. The molecule has 0 bridgehead atoms. The lowest BCUT2D eigenvalue weighted by Gasteiger charge is -2.16. The summed E-state index contributed by atoms with van der Waals surface area (Å²) in [5.74, 6) is 6.79. The minimum Gasteiger partial charge on any atom is -0.336 e. The van der Waals surface area contributed by atoms with E-state index in [2.05, 4.69) is 31.4 Å². The van der Waals surface area contributed by atoms with Crippen molar-refractivity contribution in [2.24, 2.45) is 0 Å². The fraction of sp³-hybridized carbons (Fsp3) is 0.400. The minimum atomic E-state index is -0.197. The molecule has 1 aromatic carbocycles. The number of nitrogens with one attached hydrogen (secondary N) is 1. The molecule has 0 radical (unpaired) electrons. The Labute approximate surface area is 148 Å². The largest absolute Gasteiger partial charge is 0.336 e. The maximum atomic E-state index is 12.1. The van der Waals surface area contributed by atoms with E-state index in [1.807, 2.05) is 45.9 Å². The zero-order valence-corrected chi connectivity index (χ0v) is 16.0. The quantitative estimate of drug-likeness (QED) is 0.611. The Hall–Kier alpha value is -1.54. The van der Waals surface area contributed by atoms with Crippen LogP contribution in [0, 0.1) is 6.92 Å². The number of aromatic nitrogens is 3. The van der Waals surface area contributed by atoms with E-state index < -0.39 is 0 Å². The highest BCUT2D eigenvalue weighted by atomic mass is 79.9. The van der Waals surface area contributed by atoms with Gasteiger partial charge in [-0.2, -0.15) is 0 Å². The van der Waals surface area contributed by atoms with Gasteiger partial charge in [-0.1, -0.05) is 48.5 Å². The number of anilines is 1. The number of hydrogen-bond donors (Lipinski definition) is 2. The number of halogens is 1. The number of aryl methyl sites for hydroxylation is 1. The van der Waals surface area contributed by atoms with Crippen LogP contribution in [0.3, 0.4) is 0 Å². The van der Waals surface area contributed by atoms with E-state index in [-0.39, 0.29) is 17.1 Å². The molecule has 0 aliphatic carbocycles. The number of carbonyl (C=O) groups excluding carboxylic acids is 1. The van der Waals surface area contributed by atoms with E-state index in [0.717, 1.165) is 15.7 Å². The molecular weight excluding hydrogens is 378 g/mol. The normalized spacial score (nSPS) is 11.5. The molecule has 1 heterocycles. The van der Waals surface area contributed by atoms with Crippen LogP contribution in [0.5, 0.6) is 0 Å². The Morgan fingerprint density at radius 3 is 2.65 bits per heavy atom. The molecule has 2 rings (SSSR count). The first kappa shape index (κ1) is 17.8. The number of rotatable bonds is 4. The first-order valence-electron chi connectivity index (χ1n) is 7.08. The van der Waals surface area contributed by atoms with E-state index in [0.29, 0.717) is 11.0 Å². The summed E-state index contributed by atoms with van der Waals surface area (Å²) >= 11 is 4.70. The van der Waals surface area contributed by atoms with Crippen LogP contribution in [0.15, 0.2) is 27.8 Å². The van der Waals surface area contributed by atoms with Gasteiger partial charge in [0.05, 0.1) is 5.75 Å². The van der Waals surface area contributed by atoms with Crippen molar-refractivity contribution >= 4 is 39.3 Å². The molecule has 124 valence electrons. The molecule has 2 aromatic rings. The van der Waals surface area contributed by atoms with Crippen molar-refractivity contribution in [2.45, 2.75) is 38.3 Å². The summed E-state index contributed by atoms with van der Waals surface area (Å²) in [6.45, 7) is 8.01. The molecule has 0 spiro atoms. The third kappa shape index (κ3) is 4.48. The van der Waals surface area contributed by atoms with Gasteiger partial charge in [-0.25, -0.2) is 4.68 Å². The SMILES string of the molecule is Cc1cc(NC(=O)CSc2nnc(C(C)(C)C)n2N)ccc1Br. The molecule has 0 aliphatic rings. The number of benzene rings is 1. The number of nitrogens with two attached hydrogens (primary N) is 1. The van der Waals surface area contributed by atoms with Gasteiger partial charge in [0.25, 0.3) is 0 Å². The smallest absolute Gasteiger partial charge is 0.234 e. The van der Waals surface area contributed by atoms with Gasteiger partial charge in [0, 0.05) is 15.6 Å². The molecule has 23 heavy (non-hydrogen) atoms. The molecule has 6 nitrogen and oxygen atoms in total. The Balaban J connectivity index is 1.97. The van der Waals surface area contributed by atoms with Crippen LogP contribution < -0.4 is 11.2 Å². The average molecular weight is 398 g/mol. The molecular formula is C15H20BrN5OS. The van der Waals surface area contributed by atoms with E-state index >= 15 is 0 Å². The maximum absolute atomic E-state index is 12.1. The topological polar surface area (TPSA) is 85.8 Å². The summed E-state index contributed by atoms with van der Waals surface area (Å²) in [5, 5.41) is 11.5. The number of nitrogens with zero attached hydrogens (tertiary/aromatic N) is 3. The molecule has 0 saturated heterocycles. The second-order valence-corrected chi connectivity index (χ2v) is 8.02. The van der Waals surface area contributed by atoms with E-state index in [9.17, 15) is 4.79 Å². The highest BCUT2D eigenvalue weighted by Crippen LogP contribution is 2.24. The Morgan fingerprint density at radius 1 is 1.39 bits per heavy atom. The standard InChI is InChI=1S/C15H20BrN5OS/c1-9-7-10(5-6-11(9)16)18-12(22)8-23-14-20-19-13(21(14)17)15(2,3)4/h5-7H,8,17H2,1-4H3,(H,18,22). The fourth-order valence-corrected chi connectivity index (χ4v) is 2.84. The molecule has 1 amide bonds. The number of hydrogen-bond acceptors (Lipinski definition) is 5. The van der Waals surface area contributed by atoms with Gasteiger partial charge in [-0.3, -0.25) is 4.79 Å². The minimum absolute atomic E-state index is 0.114. The maximum Gasteiger partial charge on any atom is 0.234 e. The number of amides is 1. The molecule has 0 atom stereocenters. The van der Waals surface area contributed by atoms with E-state index in [1.54, 1.807) is 0 Å². The predicted octanol–water partition coefficient (Wildman–Crippen LogP) is 3.09. The molecule has 0 saturated carbocycles. The summed E-state index contributed by atoms with van der Waals surface area (Å²) in [7, 11) is 0. The van der Waals surface area contributed by atoms with Gasteiger partial charge in [0.15, 0.2) is 5.82 Å². The molecule has 0 aliphatic heterocycles. The molecule has 0 fully saturated rings. The molecule has 0 unspecified atom stereocenters. The van der Waals surface area contributed by atoms with Crippen molar-refractivity contribution in [1.29, 1.82) is 0 Å². The van der Waals surface area contributed by atoms with Crippen LogP contribution in [0.4, 0.5) is 5.69 Å². The van der Waals surface area contributed by atoms with Gasteiger partial charge >= 0.3 is 0 Å². The van der Waals surface area contributed by atoms with Gasteiger partial charge in [-0.15, -0.1) is 10.2 Å². The monoisotopic (exact) mass is 397 g/mol. The summed E-state index contributed by atoms with van der Waals surface area (Å²) in [5.41, 5.74) is 1.63. The van der Waals surface area contributed by atoms with E-state index in [4.69, 9.17) is 5.84 Å². The lowest BCUT2D eigenvalue weighted by atomic mass is 9.96. The number of thioether (sulfide) groups is 1. The molecule has 3 N–H and O–H groups in total. The van der Waals surface area contributed by atoms with Gasteiger partial charge < -0.3 is 11.2 Å². The van der Waals surface area contributed by atoms with Crippen LogP contribution >= 0.6 is 27.7 Å². The van der Waals surface area contributed by atoms with Crippen LogP contribution in [0.1, 0.15) is 32.2 Å². The summed E-state index contributed by atoms with van der Waals surface area (Å²) in [4.78, 5) is 12.1. The zero-order valence-electron chi connectivity index (χ0n) is 13.6. The fourth-order valence-electron chi connectivity index (χ4n) is 1.94. The second-order valence-electron chi connectivity index (χ2n) is 6.23. The van der Waals surface area contributed by atoms with Crippen molar-refractivity contribution in [3.8, 4) is 0 Å².